The number of hydrogen-bond donors (Lipinski definition) is 8. The van der Waals surface area contributed by atoms with Crippen molar-refractivity contribution >= 4 is 23.9 Å². The van der Waals surface area contributed by atoms with Gasteiger partial charge in [0.25, 0.3) is 5.91 Å². The summed E-state index contributed by atoms with van der Waals surface area (Å²) >= 11 is 0. The Labute approximate surface area is 170 Å². The van der Waals surface area contributed by atoms with Crippen molar-refractivity contribution in [1.82, 2.24) is 10.9 Å². The lowest BCUT2D eigenvalue weighted by Crippen LogP contribution is -2.60. The van der Waals surface area contributed by atoms with Gasteiger partial charge in [-0.2, -0.15) is 0 Å². The van der Waals surface area contributed by atoms with Crippen LogP contribution in [-0.4, -0.2) is 76.1 Å². The zero-order valence-corrected chi connectivity index (χ0v) is 15.7. The van der Waals surface area contributed by atoms with E-state index in [4.69, 9.17) is 25.4 Å². The van der Waals surface area contributed by atoms with Gasteiger partial charge in [-0.15, -0.1) is 0 Å². The average Bonchev–Trinajstić information content (AvgIpc) is 2.72. The van der Waals surface area contributed by atoms with E-state index < -0.39 is 48.5 Å². The minimum atomic E-state index is -1.89. The summed E-state index contributed by atoms with van der Waals surface area (Å²) in [5, 5.41) is 45.5. The van der Waals surface area contributed by atoms with Crippen LogP contribution in [0.5, 0.6) is 11.5 Å². The summed E-state index contributed by atoms with van der Waals surface area (Å²) in [6.07, 6.45) is -6.51. The molecule has 0 aliphatic carbocycles. The largest absolute Gasteiger partial charge is 0.493 e. The quantitative estimate of drug-likeness (QED) is 0.0590. The third kappa shape index (κ3) is 5.65. The summed E-state index contributed by atoms with van der Waals surface area (Å²) in [7, 11) is 1.31. The fraction of sp³-hybridized carbons (Fsp3) is 0.353. The lowest BCUT2D eigenvalue weighted by molar-refractivity contribution is -0.279. The Hall–Kier alpha value is -3.23. The molecule has 0 unspecified atom stereocenters. The SMILES string of the molecule is COc1cc(/C=C/C(=O)NNC(=N)N)ccc1OC(=O)[C@H]1O[C@@H](O)[C@H](O)[C@@H](O)[C@@H]1O. The zero-order valence-electron chi connectivity index (χ0n) is 15.7. The highest BCUT2D eigenvalue weighted by Crippen LogP contribution is 2.30. The van der Waals surface area contributed by atoms with Gasteiger partial charge in [0.05, 0.1) is 7.11 Å². The van der Waals surface area contributed by atoms with Crippen LogP contribution in [0.4, 0.5) is 0 Å². The number of hydrogen-bond acceptors (Lipinski definition) is 10. The minimum Gasteiger partial charge on any atom is -0.493 e. The van der Waals surface area contributed by atoms with E-state index in [2.05, 4.69) is 10.9 Å². The van der Waals surface area contributed by atoms with Crippen LogP contribution in [0, 0.1) is 5.41 Å². The number of carbonyl (C=O) groups excluding carboxylic acids is 2. The van der Waals surface area contributed by atoms with Crippen LogP contribution < -0.4 is 26.1 Å². The van der Waals surface area contributed by atoms with E-state index in [0.717, 1.165) is 6.08 Å². The van der Waals surface area contributed by atoms with Gasteiger partial charge in [-0.1, -0.05) is 6.07 Å². The van der Waals surface area contributed by atoms with Gasteiger partial charge in [0.2, 0.25) is 5.96 Å². The first-order chi connectivity index (χ1) is 14.1. The molecule has 0 spiro atoms. The lowest BCUT2D eigenvalue weighted by atomic mass is 9.99. The maximum atomic E-state index is 12.3. The number of aliphatic hydroxyl groups excluding tert-OH is 4. The minimum absolute atomic E-state index is 0.0618. The number of aliphatic hydroxyl groups is 4. The van der Waals surface area contributed by atoms with E-state index in [9.17, 15) is 30.0 Å². The van der Waals surface area contributed by atoms with Crippen molar-refractivity contribution in [3.63, 3.8) is 0 Å². The molecule has 30 heavy (non-hydrogen) atoms. The molecule has 1 aromatic rings. The van der Waals surface area contributed by atoms with Crippen LogP contribution in [0.3, 0.4) is 0 Å². The number of amides is 1. The molecule has 0 saturated carbocycles. The zero-order chi connectivity index (χ0) is 22.4. The standard InChI is InChI=1S/C17H22N4O9/c1-28-9-6-7(3-5-10(22)20-21-17(18)19)2-4-8(9)29-16(27)14-12(24)11(23)13(25)15(26)30-14/h2-6,11-15,23-26H,1H3,(H,20,22)(H4,18,19,21)/b5-3+/t11-,12-,13+,14-,15+/m0/s1. The van der Waals surface area contributed by atoms with E-state index in [1.54, 1.807) is 0 Å². The number of carbonyl (C=O) groups is 2. The second-order valence-corrected chi connectivity index (χ2v) is 6.11. The van der Waals surface area contributed by atoms with Crippen LogP contribution in [0.1, 0.15) is 5.56 Å². The van der Waals surface area contributed by atoms with Crippen molar-refractivity contribution in [3.8, 4) is 11.5 Å². The van der Waals surface area contributed by atoms with E-state index in [1.807, 2.05) is 0 Å². The van der Waals surface area contributed by atoms with Crippen molar-refractivity contribution in [2.45, 2.75) is 30.7 Å². The number of methoxy groups -OCH3 is 1. The molecule has 0 aromatic heterocycles. The molecule has 0 radical (unpaired) electrons. The maximum absolute atomic E-state index is 12.3. The smallest absolute Gasteiger partial charge is 0.343 e. The molecule has 1 aromatic carbocycles. The number of ether oxygens (including phenoxy) is 3. The number of benzene rings is 1. The van der Waals surface area contributed by atoms with Crippen LogP contribution in [-0.2, 0) is 14.3 Å². The van der Waals surface area contributed by atoms with E-state index in [-0.39, 0.29) is 11.5 Å². The fourth-order valence-corrected chi connectivity index (χ4v) is 2.44. The van der Waals surface area contributed by atoms with Gasteiger partial charge in [-0.3, -0.25) is 21.1 Å². The Kier molecular flexibility index (Phi) is 7.68. The molecule has 13 heteroatoms. The fourth-order valence-electron chi connectivity index (χ4n) is 2.44. The predicted octanol–water partition coefficient (Wildman–Crippen LogP) is -3.07. The summed E-state index contributed by atoms with van der Waals surface area (Å²) < 4.78 is 15.1. The van der Waals surface area contributed by atoms with Crippen LogP contribution >= 0.6 is 0 Å². The molecule has 164 valence electrons. The van der Waals surface area contributed by atoms with E-state index in [0.29, 0.717) is 5.56 Å². The van der Waals surface area contributed by atoms with Gasteiger partial charge < -0.3 is 40.4 Å². The first kappa shape index (κ1) is 23.1. The summed E-state index contributed by atoms with van der Waals surface area (Å²) in [6.45, 7) is 0. The normalized spacial score (nSPS) is 26.1. The summed E-state index contributed by atoms with van der Waals surface area (Å²) in [6, 6.07) is 4.27. The number of guanidine groups is 1. The molecule has 1 fully saturated rings. The number of rotatable bonds is 5. The third-order valence-electron chi connectivity index (χ3n) is 3.97. The Morgan fingerprint density at radius 1 is 1.13 bits per heavy atom. The van der Waals surface area contributed by atoms with Crippen LogP contribution in [0.2, 0.25) is 0 Å². The van der Waals surface area contributed by atoms with Gasteiger partial charge in [-0.05, 0) is 23.8 Å². The Bertz CT molecular complexity index is 831. The van der Waals surface area contributed by atoms with Gasteiger partial charge >= 0.3 is 5.97 Å². The summed E-state index contributed by atoms with van der Waals surface area (Å²) in [5.41, 5.74) is 9.80. The lowest BCUT2D eigenvalue weighted by Gasteiger charge is -2.36. The van der Waals surface area contributed by atoms with Gasteiger partial charge in [0.1, 0.15) is 18.3 Å². The Morgan fingerprint density at radius 3 is 2.47 bits per heavy atom. The van der Waals surface area contributed by atoms with Crippen molar-refractivity contribution in [2.75, 3.05) is 7.11 Å². The second-order valence-electron chi connectivity index (χ2n) is 6.11. The van der Waals surface area contributed by atoms with Crippen molar-refractivity contribution < 1.29 is 44.2 Å². The number of hydrazine groups is 1. The number of nitrogens with two attached hydrogens (primary N) is 1. The van der Waals surface area contributed by atoms with E-state index in [1.165, 1.54) is 31.4 Å². The number of esters is 1. The highest BCUT2D eigenvalue weighted by molar-refractivity contribution is 5.93. The van der Waals surface area contributed by atoms with Crippen molar-refractivity contribution in [1.29, 1.82) is 5.41 Å². The van der Waals surface area contributed by atoms with Gasteiger partial charge in [-0.25, -0.2) is 4.79 Å². The molecule has 1 aliphatic heterocycles. The Balaban J connectivity index is 2.08. The topological polar surface area (TPSA) is 217 Å². The highest BCUT2D eigenvalue weighted by Gasteiger charge is 2.47. The third-order valence-corrected chi connectivity index (χ3v) is 3.97. The first-order valence-corrected chi connectivity index (χ1v) is 8.49. The monoisotopic (exact) mass is 426 g/mol. The van der Waals surface area contributed by atoms with Crippen molar-refractivity contribution in [3.05, 3.63) is 29.8 Å². The maximum Gasteiger partial charge on any atom is 0.343 e. The van der Waals surface area contributed by atoms with Gasteiger partial charge in [0, 0.05) is 6.08 Å². The summed E-state index contributed by atoms with van der Waals surface area (Å²) in [4.78, 5) is 23.9. The number of nitrogens with one attached hydrogen (secondary N) is 3. The van der Waals surface area contributed by atoms with Crippen LogP contribution in [0.25, 0.3) is 6.08 Å². The molecule has 1 saturated heterocycles. The molecular formula is C17H22N4O9. The molecule has 13 nitrogen and oxygen atoms in total. The molecule has 0 bridgehead atoms. The molecule has 2 rings (SSSR count). The Morgan fingerprint density at radius 2 is 1.83 bits per heavy atom. The molecule has 5 atom stereocenters. The molecule has 1 aliphatic rings. The molecule has 1 heterocycles. The second kappa shape index (κ2) is 10.00. The average molecular weight is 426 g/mol. The highest BCUT2D eigenvalue weighted by atomic mass is 16.7. The van der Waals surface area contributed by atoms with Gasteiger partial charge in [0.15, 0.2) is 23.9 Å². The van der Waals surface area contributed by atoms with E-state index >= 15 is 0 Å². The molecule has 1 amide bonds. The van der Waals surface area contributed by atoms with Crippen molar-refractivity contribution in [2.24, 2.45) is 5.73 Å². The predicted molar refractivity (Wildman–Crippen MR) is 99.8 cm³/mol. The summed E-state index contributed by atoms with van der Waals surface area (Å²) in [5.74, 6) is -2.12. The first-order valence-electron chi connectivity index (χ1n) is 8.49. The van der Waals surface area contributed by atoms with Crippen LogP contribution in [0.15, 0.2) is 24.3 Å². The molecular weight excluding hydrogens is 404 g/mol. The molecule has 9 N–H and O–H groups in total.